The van der Waals surface area contributed by atoms with Crippen molar-refractivity contribution in [3.63, 3.8) is 0 Å². The summed E-state index contributed by atoms with van der Waals surface area (Å²) in [6, 6.07) is 9.78. The van der Waals surface area contributed by atoms with E-state index in [4.69, 9.17) is 0 Å². The van der Waals surface area contributed by atoms with Gasteiger partial charge < -0.3 is 9.97 Å². The van der Waals surface area contributed by atoms with Crippen LogP contribution in [-0.4, -0.2) is 18.4 Å². The monoisotopic (exact) mass is 345 g/mol. The maximum atomic E-state index is 12.6. The number of hydrogen-bond acceptors (Lipinski definition) is 4. The van der Waals surface area contributed by atoms with Crippen molar-refractivity contribution in [1.29, 1.82) is 0 Å². The highest BCUT2D eigenvalue weighted by Gasteiger charge is 2.18. The van der Waals surface area contributed by atoms with Crippen LogP contribution in [0.4, 0.5) is 5.69 Å². The fraction of sp³-hybridized carbons (Fsp3) is 0.125. The molecule has 0 atom stereocenters. The van der Waals surface area contributed by atoms with Gasteiger partial charge in [-0.25, -0.2) is 8.42 Å². The number of fused-ring (bicyclic) bond motifs is 1. The Morgan fingerprint density at radius 2 is 1.42 bits per heavy atom. The Balaban J connectivity index is 2.11. The molecular weight excluding hydrogens is 330 g/mol. The maximum Gasteiger partial charge on any atom is 0.314 e. The van der Waals surface area contributed by atoms with Crippen LogP contribution in [0.5, 0.6) is 0 Å². The number of anilines is 1. The molecule has 0 spiro atoms. The molecule has 24 heavy (non-hydrogen) atoms. The molecule has 124 valence electrons. The van der Waals surface area contributed by atoms with Gasteiger partial charge in [-0.2, -0.15) is 0 Å². The Kier molecular flexibility index (Phi) is 3.76. The zero-order chi connectivity index (χ0) is 17.5. The van der Waals surface area contributed by atoms with Crippen LogP contribution >= 0.6 is 0 Å². The van der Waals surface area contributed by atoms with Gasteiger partial charge in [0.15, 0.2) is 0 Å². The average molecular weight is 345 g/mol. The summed E-state index contributed by atoms with van der Waals surface area (Å²) >= 11 is 0. The number of aryl methyl sites for hydroxylation is 2. The molecule has 0 aliphatic carbocycles. The Bertz CT molecular complexity index is 1140. The lowest BCUT2D eigenvalue weighted by atomic mass is 10.2. The fourth-order valence-corrected chi connectivity index (χ4v) is 3.69. The Labute approximate surface area is 137 Å². The first-order valence-corrected chi connectivity index (χ1v) is 8.61. The van der Waals surface area contributed by atoms with Crippen LogP contribution in [0.15, 0.2) is 50.9 Å². The number of rotatable bonds is 3. The summed E-state index contributed by atoms with van der Waals surface area (Å²) in [5, 5.41) is 0. The number of aromatic nitrogens is 2. The standard InChI is InChI=1S/C16H15N3O4S/c1-9-3-5-11(6-4-9)19-24(22,23)14-8-13-12(7-10(14)2)17-15(20)16(21)18-13/h3-8,19H,1-2H3,(H,17,20)(H,18,21). The Hall–Kier alpha value is -2.87. The largest absolute Gasteiger partial charge is 0.316 e. The van der Waals surface area contributed by atoms with E-state index in [1.165, 1.54) is 12.1 Å². The van der Waals surface area contributed by atoms with Gasteiger partial charge in [-0.15, -0.1) is 0 Å². The molecule has 0 unspecified atom stereocenters. The van der Waals surface area contributed by atoms with Crippen molar-refractivity contribution in [3.8, 4) is 0 Å². The van der Waals surface area contributed by atoms with Crippen LogP contribution in [0.3, 0.4) is 0 Å². The molecule has 0 saturated carbocycles. The molecule has 0 radical (unpaired) electrons. The topological polar surface area (TPSA) is 112 Å². The molecule has 8 heteroatoms. The zero-order valence-corrected chi connectivity index (χ0v) is 13.8. The minimum atomic E-state index is -3.84. The lowest BCUT2D eigenvalue weighted by Gasteiger charge is -2.11. The number of sulfonamides is 1. The van der Waals surface area contributed by atoms with Crippen molar-refractivity contribution in [2.75, 3.05) is 4.72 Å². The number of nitrogens with one attached hydrogen (secondary N) is 3. The highest BCUT2D eigenvalue weighted by atomic mass is 32.2. The third kappa shape index (κ3) is 2.95. The highest BCUT2D eigenvalue weighted by Crippen LogP contribution is 2.22. The molecular formula is C16H15N3O4S. The predicted molar refractivity (Wildman–Crippen MR) is 91.9 cm³/mol. The Morgan fingerprint density at radius 1 is 0.875 bits per heavy atom. The van der Waals surface area contributed by atoms with Crippen LogP contribution in [0, 0.1) is 13.8 Å². The fourth-order valence-electron chi connectivity index (χ4n) is 2.37. The van der Waals surface area contributed by atoms with Crippen molar-refractivity contribution < 1.29 is 8.42 Å². The predicted octanol–water partition coefficient (Wildman–Crippen LogP) is 1.63. The number of hydrogen-bond donors (Lipinski definition) is 3. The molecule has 0 fully saturated rings. The van der Waals surface area contributed by atoms with Gasteiger partial charge >= 0.3 is 11.1 Å². The summed E-state index contributed by atoms with van der Waals surface area (Å²) in [4.78, 5) is 27.6. The molecule has 0 saturated heterocycles. The van der Waals surface area contributed by atoms with E-state index in [2.05, 4.69) is 14.7 Å². The smallest absolute Gasteiger partial charge is 0.314 e. The van der Waals surface area contributed by atoms with Crippen LogP contribution in [-0.2, 0) is 10.0 Å². The lowest BCUT2D eigenvalue weighted by Crippen LogP contribution is -2.29. The molecule has 0 aliphatic rings. The summed E-state index contributed by atoms with van der Waals surface area (Å²) < 4.78 is 27.8. The SMILES string of the molecule is Cc1ccc(NS(=O)(=O)c2cc3[nH]c(=O)c(=O)[nH]c3cc2C)cc1. The molecule has 0 amide bonds. The van der Waals surface area contributed by atoms with Crippen molar-refractivity contribution in [1.82, 2.24) is 9.97 Å². The van der Waals surface area contributed by atoms with E-state index in [0.717, 1.165) is 5.56 Å². The molecule has 0 aliphatic heterocycles. The summed E-state index contributed by atoms with van der Waals surface area (Å²) in [6.45, 7) is 3.52. The van der Waals surface area contributed by atoms with E-state index in [-0.39, 0.29) is 10.4 Å². The van der Waals surface area contributed by atoms with Crippen LogP contribution in [0.25, 0.3) is 11.0 Å². The molecule has 1 heterocycles. The molecule has 7 nitrogen and oxygen atoms in total. The van der Waals surface area contributed by atoms with E-state index in [0.29, 0.717) is 16.8 Å². The second-order valence-corrected chi connectivity index (χ2v) is 7.19. The molecule has 1 aromatic heterocycles. The highest BCUT2D eigenvalue weighted by molar-refractivity contribution is 7.92. The lowest BCUT2D eigenvalue weighted by molar-refractivity contribution is 0.600. The van der Waals surface area contributed by atoms with Gasteiger partial charge in [0.1, 0.15) is 0 Å². The van der Waals surface area contributed by atoms with Crippen molar-refractivity contribution in [3.05, 3.63) is 68.2 Å². The number of benzene rings is 2. The number of aromatic amines is 2. The van der Waals surface area contributed by atoms with Gasteiger partial charge in [0, 0.05) is 5.69 Å². The summed E-state index contributed by atoms with van der Waals surface area (Å²) in [5.74, 6) is 0. The van der Waals surface area contributed by atoms with E-state index in [1.807, 2.05) is 6.92 Å². The minimum absolute atomic E-state index is 0.0262. The van der Waals surface area contributed by atoms with Crippen LogP contribution in [0.1, 0.15) is 11.1 Å². The molecule has 3 rings (SSSR count). The maximum absolute atomic E-state index is 12.6. The molecule has 3 N–H and O–H groups in total. The number of H-pyrrole nitrogens is 2. The van der Waals surface area contributed by atoms with E-state index >= 15 is 0 Å². The summed E-state index contributed by atoms with van der Waals surface area (Å²) in [7, 11) is -3.84. The van der Waals surface area contributed by atoms with Crippen molar-refractivity contribution >= 4 is 26.7 Å². The first kappa shape index (κ1) is 16.0. The summed E-state index contributed by atoms with van der Waals surface area (Å²) in [6.07, 6.45) is 0. The normalized spacial score (nSPS) is 11.6. The first-order valence-electron chi connectivity index (χ1n) is 7.13. The second kappa shape index (κ2) is 5.64. The first-order chi connectivity index (χ1) is 11.3. The second-order valence-electron chi connectivity index (χ2n) is 5.54. The van der Waals surface area contributed by atoms with Gasteiger partial charge in [0.25, 0.3) is 10.0 Å². The summed E-state index contributed by atoms with van der Waals surface area (Å²) in [5.41, 5.74) is 0.901. The van der Waals surface area contributed by atoms with Crippen LogP contribution in [0.2, 0.25) is 0 Å². The van der Waals surface area contributed by atoms with Gasteiger partial charge in [-0.1, -0.05) is 17.7 Å². The van der Waals surface area contributed by atoms with E-state index in [1.54, 1.807) is 31.2 Å². The van der Waals surface area contributed by atoms with Crippen LogP contribution < -0.4 is 15.8 Å². The van der Waals surface area contributed by atoms with Gasteiger partial charge in [-0.05, 0) is 43.7 Å². The minimum Gasteiger partial charge on any atom is -0.316 e. The molecule has 2 aromatic carbocycles. The third-order valence-electron chi connectivity index (χ3n) is 3.61. The van der Waals surface area contributed by atoms with E-state index < -0.39 is 21.1 Å². The van der Waals surface area contributed by atoms with E-state index in [9.17, 15) is 18.0 Å². The molecule has 3 aromatic rings. The average Bonchev–Trinajstić information content (AvgIpc) is 2.50. The Morgan fingerprint density at radius 3 is 2.00 bits per heavy atom. The van der Waals surface area contributed by atoms with Gasteiger partial charge in [-0.3, -0.25) is 14.3 Å². The van der Waals surface area contributed by atoms with Crippen molar-refractivity contribution in [2.24, 2.45) is 0 Å². The quantitative estimate of drug-likeness (QED) is 0.626. The third-order valence-corrected chi connectivity index (χ3v) is 5.13. The van der Waals surface area contributed by atoms with Crippen molar-refractivity contribution in [2.45, 2.75) is 18.7 Å². The molecule has 0 bridgehead atoms. The van der Waals surface area contributed by atoms with Gasteiger partial charge in [0.05, 0.1) is 15.9 Å². The zero-order valence-electron chi connectivity index (χ0n) is 13.0. The van der Waals surface area contributed by atoms with Gasteiger partial charge in [0.2, 0.25) is 0 Å².